The highest BCUT2D eigenvalue weighted by Gasteiger charge is 2.40. The molecular weight excluding hydrogens is 468 g/mol. The molecule has 5 heteroatoms. The summed E-state index contributed by atoms with van der Waals surface area (Å²) in [5.41, 5.74) is 4.52. The van der Waals surface area contributed by atoms with Gasteiger partial charge in [-0.2, -0.15) is 5.10 Å². The minimum atomic E-state index is -0.240. The minimum Gasteiger partial charge on any atom is -0.464 e. The van der Waals surface area contributed by atoms with Gasteiger partial charge in [0.2, 0.25) is 6.23 Å². The molecule has 0 saturated heterocycles. The van der Waals surface area contributed by atoms with Crippen molar-refractivity contribution in [2.45, 2.75) is 18.7 Å². The number of hydrazone groups is 1. The first-order valence-corrected chi connectivity index (χ1v) is 10.4. The molecule has 0 fully saturated rings. The van der Waals surface area contributed by atoms with E-state index in [1.54, 1.807) is 0 Å². The fourth-order valence-electron chi connectivity index (χ4n) is 3.73. The Bertz CT molecular complexity index is 1030. The predicted octanol–water partition coefficient (Wildman–Crippen LogP) is 6.45. The van der Waals surface area contributed by atoms with Crippen LogP contribution in [0.15, 0.2) is 86.8 Å². The van der Waals surface area contributed by atoms with Crippen LogP contribution in [0.2, 0.25) is 0 Å². The number of nitrogens with zero attached hydrogens (tertiary/aromatic N) is 2. The standard InChI is InChI=1S/C22H16Br2N2O/c23-16-10-8-14(9-11-16)19-13-20-18-6-1-2-7-21(18)27-22(26(20)25-19)15-4-3-5-17(24)12-15/h1-12,20,22H,13H2/t20-,22+/m1/s1. The maximum Gasteiger partial charge on any atom is 0.213 e. The van der Waals surface area contributed by atoms with Crippen LogP contribution in [0.5, 0.6) is 5.75 Å². The van der Waals surface area contributed by atoms with Crippen molar-refractivity contribution in [1.82, 2.24) is 5.01 Å². The Labute approximate surface area is 174 Å². The smallest absolute Gasteiger partial charge is 0.213 e. The van der Waals surface area contributed by atoms with Crippen LogP contribution in [0.1, 0.15) is 35.4 Å². The fourth-order valence-corrected chi connectivity index (χ4v) is 4.41. The first-order valence-electron chi connectivity index (χ1n) is 8.82. The molecule has 0 aromatic heterocycles. The highest BCUT2D eigenvalue weighted by Crippen LogP contribution is 2.47. The predicted molar refractivity (Wildman–Crippen MR) is 114 cm³/mol. The van der Waals surface area contributed by atoms with E-state index < -0.39 is 0 Å². The Kier molecular flexibility index (Phi) is 4.29. The maximum absolute atomic E-state index is 6.38. The Morgan fingerprint density at radius 3 is 2.52 bits per heavy atom. The zero-order valence-electron chi connectivity index (χ0n) is 14.3. The molecule has 3 aromatic carbocycles. The van der Waals surface area contributed by atoms with Crippen LogP contribution >= 0.6 is 31.9 Å². The van der Waals surface area contributed by atoms with Gasteiger partial charge in [-0.3, -0.25) is 0 Å². The minimum absolute atomic E-state index is 0.178. The lowest BCUT2D eigenvalue weighted by molar-refractivity contribution is -0.0190. The third-order valence-corrected chi connectivity index (χ3v) is 6.03. The lowest BCUT2D eigenvalue weighted by atomic mass is 9.96. The first kappa shape index (κ1) is 17.0. The van der Waals surface area contributed by atoms with Gasteiger partial charge in [-0.25, -0.2) is 5.01 Å². The number of para-hydroxylation sites is 1. The van der Waals surface area contributed by atoms with Crippen LogP contribution < -0.4 is 4.74 Å². The summed E-state index contributed by atoms with van der Waals surface area (Å²) in [6.45, 7) is 0. The fraction of sp³-hybridized carbons (Fsp3) is 0.136. The van der Waals surface area contributed by atoms with Gasteiger partial charge >= 0.3 is 0 Å². The van der Waals surface area contributed by atoms with Crippen LogP contribution in [-0.4, -0.2) is 10.7 Å². The third-order valence-electron chi connectivity index (χ3n) is 5.01. The van der Waals surface area contributed by atoms with E-state index in [4.69, 9.17) is 9.84 Å². The van der Waals surface area contributed by atoms with Crippen molar-refractivity contribution >= 4 is 37.6 Å². The molecule has 0 N–H and O–H groups in total. The van der Waals surface area contributed by atoms with Crippen molar-refractivity contribution in [2.24, 2.45) is 5.10 Å². The number of hydrogen-bond donors (Lipinski definition) is 0. The van der Waals surface area contributed by atoms with E-state index in [0.29, 0.717) is 0 Å². The molecule has 134 valence electrons. The topological polar surface area (TPSA) is 24.8 Å². The van der Waals surface area contributed by atoms with E-state index in [1.165, 1.54) is 5.56 Å². The van der Waals surface area contributed by atoms with E-state index in [1.807, 2.05) is 18.2 Å². The molecule has 0 saturated carbocycles. The zero-order valence-corrected chi connectivity index (χ0v) is 17.5. The summed E-state index contributed by atoms with van der Waals surface area (Å²) in [4.78, 5) is 0. The SMILES string of the molecule is Brc1ccc(C2=NN3[C@H](C2)c2ccccc2O[C@H]3c2cccc(Br)c2)cc1. The van der Waals surface area contributed by atoms with E-state index in [-0.39, 0.29) is 12.3 Å². The number of benzene rings is 3. The van der Waals surface area contributed by atoms with Crippen LogP contribution in [0, 0.1) is 0 Å². The van der Waals surface area contributed by atoms with E-state index >= 15 is 0 Å². The summed E-state index contributed by atoms with van der Waals surface area (Å²) in [6.07, 6.45) is 0.627. The monoisotopic (exact) mass is 482 g/mol. The van der Waals surface area contributed by atoms with Crippen molar-refractivity contribution in [3.05, 3.63) is 98.4 Å². The molecule has 2 atom stereocenters. The largest absolute Gasteiger partial charge is 0.464 e. The summed E-state index contributed by atoms with van der Waals surface area (Å²) in [5, 5.41) is 7.10. The highest BCUT2D eigenvalue weighted by molar-refractivity contribution is 9.10. The Morgan fingerprint density at radius 2 is 1.70 bits per heavy atom. The Balaban J connectivity index is 1.60. The second-order valence-electron chi connectivity index (χ2n) is 6.72. The van der Waals surface area contributed by atoms with Gasteiger partial charge in [-0.1, -0.05) is 74.3 Å². The Hall–Kier alpha value is -2.11. The lowest BCUT2D eigenvalue weighted by Crippen LogP contribution is -2.33. The molecule has 5 rings (SSSR count). The van der Waals surface area contributed by atoms with Gasteiger partial charge < -0.3 is 4.74 Å². The molecule has 3 aromatic rings. The van der Waals surface area contributed by atoms with Gasteiger partial charge in [0.25, 0.3) is 0 Å². The number of ether oxygens (including phenoxy) is 1. The molecule has 3 nitrogen and oxygen atoms in total. The van der Waals surface area contributed by atoms with E-state index in [9.17, 15) is 0 Å². The van der Waals surface area contributed by atoms with Crippen LogP contribution in [0.4, 0.5) is 0 Å². The van der Waals surface area contributed by atoms with Crippen molar-refractivity contribution in [3.8, 4) is 5.75 Å². The molecule has 0 spiro atoms. The molecule has 0 unspecified atom stereocenters. The molecule has 27 heavy (non-hydrogen) atoms. The van der Waals surface area contributed by atoms with Gasteiger partial charge in [-0.05, 0) is 35.9 Å². The van der Waals surface area contributed by atoms with Crippen molar-refractivity contribution in [3.63, 3.8) is 0 Å². The quantitative estimate of drug-likeness (QED) is 0.418. The zero-order chi connectivity index (χ0) is 18.4. The number of hydrogen-bond acceptors (Lipinski definition) is 3. The van der Waals surface area contributed by atoms with Gasteiger partial charge in [0.1, 0.15) is 5.75 Å². The summed E-state index contributed by atoms with van der Waals surface area (Å²) >= 11 is 7.08. The van der Waals surface area contributed by atoms with Crippen LogP contribution in [0.3, 0.4) is 0 Å². The number of fused-ring (bicyclic) bond motifs is 3. The highest BCUT2D eigenvalue weighted by atomic mass is 79.9. The van der Waals surface area contributed by atoms with Crippen LogP contribution in [0.25, 0.3) is 0 Å². The molecule has 2 heterocycles. The maximum atomic E-state index is 6.38. The first-order chi connectivity index (χ1) is 13.2. The molecule has 0 bridgehead atoms. The average Bonchev–Trinajstić information content (AvgIpc) is 3.13. The van der Waals surface area contributed by atoms with Crippen molar-refractivity contribution < 1.29 is 4.74 Å². The number of rotatable bonds is 2. The van der Waals surface area contributed by atoms with Crippen molar-refractivity contribution in [2.75, 3.05) is 0 Å². The Morgan fingerprint density at radius 1 is 0.889 bits per heavy atom. The normalized spacial score (nSPS) is 20.5. The molecule has 2 aliphatic rings. The lowest BCUT2D eigenvalue weighted by Gasteiger charge is -2.38. The molecule has 0 radical (unpaired) electrons. The molecular formula is C22H16Br2N2O. The van der Waals surface area contributed by atoms with Crippen LogP contribution in [-0.2, 0) is 0 Å². The summed E-state index contributed by atoms with van der Waals surface area (Å²) in [5.74, 6) is 0.941. The average molecular weight is 484 g/mol. The molecule has 2 aliphatic heterocycles. The van der Waals surface area contributed by atoms with Gasteiger partial charge in [-0.15, -0.1) is 0 Å². The summed E-state index contributed by atoms with van der Waals surface area (Å²) in [7, 11) is 0. The molecule has 0 amide bonds. The second-order valence-corrected chi connectivity index (χ2v) is 8.55. The van der Waals surface area contributed by atoms with Gasteiger partial charge in [0, 0.05) is 26.5 Å². The van der Waals surface area contributed by atoms with Gasteiger partial charge in [0.15, 0.2) is 0 Å². The van der Waals surface area contributed by atoms with Crippen molar-refractivity contribution in [1.29, 1.82) is 0 Å². The second kappa shape index (κ2) is 6.80. The molecule has 0 aliphatic carbocycles. The summed E-state index contributed by atoms with van der Waals surface area (Å²) in [6, 6.07) is 25.1. The van der Waals surface area contributed by atoms with E-state index in [2.05, 4.69) is 91.5 Å². The summed E-state index contributed by atoms with van der Waals surface area (Å²) < 4.78 is 8.49. The van der Waals surface area contributed by atoms with Gasteiger partial charge in [0.05, 0.1) is 11.8 Å². The third kappa shape index (κ3) is 3.09. The van der Waals surface area contributed by atoms with E-state index in [0.717, 1.165) is 38.0 Å². The number of halogens is 2.